The van der Waals surface area contributed by atoms with Gasteiger partial charge in [-0.15, -0.1) is 0 Å². The zero-order chi connectivity index (χ0) is 20.4. The molecule has 0 unspecified atom stereocenters. The minimum absolute atomic E-state index is 0.655. The van der Waals surface area contributed by atoms with E-state index in [1.807, 2.05) is 6.07 Å². The van der Waals surface area contributed by atoms with E-state index in [-0.39, 0.29) is 0 Å². The number of aromatic nitrogens is 1. The highest BCUT2D eigenvalue weighted by Crippen LogP contribution is 2.29. The van der Waals surface area contributed by atoms with Crippen LogP contribution in [0, 0.1) is 13.8 Å². The third kappa shape index (κ3) is 4.15. The van der Waals surface area contributed by atoms with Gasteiger partial charge < -0.3 is 14.2 Å². The quantitative estimate of drug-likeness (QED) is 0.647. The molecule has 0 aliphatic carbocycles. The van der Waals surface area contributed by atoms with Gasteiger partial charge in [-0.2, -0.15) is 0 Å². The Morgan fingerprint density at radius 3 is 2.66 bits per heavy atom. The van der Waals surface area contributed by atoms with E-state index in [0.29, 0.717) is 6.61 Å². The van der Waals surface area contributed by atoms with Gasteiger partial charge in [0.2, 0.25) is 5.88 Å². The molecule has 2 aromatic carbocycles. The molecule has 1 aliphatic heterocycles. The van der Waals surface area contributed by atoms with Crippen molar-refractivity contribution >= 4 is 10.9 Å². The molecule has 0 fully saturated rings. The first kappa shape index (κ1) is 19.5. The lowest BCUT2D eigenvalue weighted by Gasteiger charge is -2.19. The Bertz CT molecular complexity index is 1030. The Hall–Kier alpha value is -2.79. The van der Waals surface area contributed by atoms with Gasteiger partial charge in [-0.3, -0.25) is 4.90 Å². The van der Waals surface area contributed by atoms with Crippen LogP contribution >= 0.6 is 0 Å². The summed E-state index contributed by atoms with van der Waals surface area (Å²) in [7, 11) is 3.33. The van der Waals surface area contributed by atoms with Crippen molar-refractivity contribution in [2.75, 3.05) is 33.9 Å². The van der Waals surface area contributed by atoms with Gasteiger partial charge in [-0.1, -0.05) is 17.7 Å². The summed E-state index contributed by atoms with van der Waals surface area (Å²) < 4.78 is 16.8. The van der Waals surface area contributed by atoms with Crippen LogP contribution < -0.4 is 14.2 Å². The number of methoxy groups -OCH3 is 2. The maximum atomic E-state index is 6.00. The van der Waals surface area contributed by atoms with Gasteiger partial charge in [0, 0.05) is 30.6 Å². The third-order valence-corrected chi connectivity index (χ3v) is 5.50. The Kier molecular flexibility index (Phi) is 5.58. The fourth-order valence-electron chi connectivity index (χ4n) is 4.02. The monoisotopic (exact) mass is 392 g/mol. The highest BCUT2D eigenvalue weighted by Gasteiger charge is 2.18. The highest BCUT2D eigenvalue weighted by molar-refractivity contribution is 5.84. The second-order valence-electron chi connectivity index (χ2n) is 7.67. The van der Waals surface area contributed by atoms with Gasteiger partial charge in [-0.05, 0) is 55.7 Å². The molecule has 1 aliphatic rings. The number of ether oxygens (including phenoxy) is 3. The van der Waals surface area contributed by atoms with E-state index in [0.717, 1.165) is 54.5 Å². The summed E-state index contributed by atoms with van der Waals surface area (Å²) in [6, 6.07) is 12.7. The number of pyridine rings is 1. The molecule has 0 spiro atoms. The van der Waals surface area contributed by atoms with Crippen molar-refractivity contribution in [2.45, 2.75) is 26.8 Å². The van der Waals surface area contributed by atoms with Crippen molar-refractivity contribution in [1.29, 1.82) is 0 Å². The van der Waals surface area contributed by atoms with Crippen LogP contribution in [0.5, 0.6) is 17.4 Å². The number of hydrogen-bond acceptors (Lipinski definition) is 5. The van der Waals surface area contributed by atoms with E-state index in [1.54, 1.807) is 14.2 Å². The normalized spacial score (nSPS) is 14.2. The topological polar surface area (TPSA) is 43.8 Å². The summed E-state index contributed by atoms with van der Waals surface area (Å²) in [6.45, 7) is 7.58. The van der Waals surface area contributed by atoms with Crippen LogP contribution in [0.2, 0.25) is 0 Å². The maximum Gasteiger partial charge on any atom is 0.218 e. The van der Waals surface area contributed by atoms with Crippen molar-refractivity contribution in [1.82, 2.24) is 9.88 Å². The molecule has 0 N–H and O–H groups in total. The number of fused-ring (bicyclic) bond motifs is 2. The Morgan fingerprint density at radius 2 is 1.86 bits per heavy atom. The van der Waals surface area contributed by atoms with Crippen LogP contribution in [0.25, 0.3) is 10.9 Å². The van der Waals surface area contributed by atoms with Crippen LogP contribution in [0.4, 0.5) is 0 Å². The van der Waals surface area contributed by atoms with Crippen LogP contribution in [-0.2, 0) is 13.0 Å². The molecule has 29 heavy (non-hydrogen) atoms. The number of aryl methyl sites for hydroxylation is 2. The number of nitrogens with zero attached hydrogens (tertiary/aromatic N) is 2. The molecular formula is C24H28N2O3. The first-order valence-electron chi connectivity index (χ1n) is 10.0. The Balaban J connectivity index is 1.52. The largest absolute Gasteiger partial charge is 0.493 e. The van der Waals surface area contributed by atoms with Gasteiger partial charge in [0.15, 0.2) is 11.5 Å². The fraction of sp³-hybridized carbons (Fsp3) is 0.375. The SMILES string of the molecule is COc1ccc(CCN2CCOc3nc4c(C)cc(C)cc4cc3C2)cc1OC. The predicted octanol–water partition coefficient (Wildman–Crippen LogP) is 4.31. The van der Waals surface area contributed by atoms with E-state index < -0.39 is 0 Å². The summed E-state index contributed by atoms with van der Waals surface area (Å²) in [5, 5.41) is 1.19. The average molecular weight is 392 g/mol. The average Bonchev–Trinajstić information content (AvgIpc) is 2.92. The molecule has 0 radical (unpaired) electrons. The lowest BCUT2D eigenvalue weighted by Crippen LogP contribution is -2.28. The van der Waals surface area contributed by atoms with E-state index in [1.165, 1.54) is 22.1 Å². The van der Waals surface area contributed by atoms with E-state index in [4.69, 9.17) is 19.2 Å². The van der Waals surface area contributed by atoms with Crippen molar-refractivity contribution in [3.8, 4) is 17.4 Å². The summed E-state index contributed by atoms with van der Waals surface area (Å²) in [5.41, 5.74) is 5.88. The standard InChI is InChI=1S/C24H28N2O3/c1-16-11-17(2)23-19(12-16)14-20-15-26(9-10-29-24(20)25-23)8-7-18-5-6-21(27-3)22(13-18)28-4/h5-6,11-14H,7-10,15H2,1-4H3. The first-order chi connectivity index (χ1) is 14.1. The van der Waals surface area contributed by atoms with Crippen LogP contribution in [0.3, 0.4) is 0 Å². The second kappa shape index (κ2) is 8.29. The van der Waals surface area contributed by atoms with Gasteiger partial charge >= 0.3 is 0 Å². The molecule has 2 heterocycles. The molecule has 152 valence electrons. The van der Waals surface area contributed by atoms with Crippen LogP contribution in [0.1, 0.15) is 22.3 Å². The first-order valence-corrected chi connectivity index (χ1v) is 10.0. The second-order valence-corrected chi connectivity index (χ2v) is 7.67. The molecule has 0 saturated carbocycles. The summed E-state index contributed by atoms with van der Waals surface area (Å²) in [6.07, 6.45) is 0.939. The van der Waals surface area contributed by atoms with Gasteiger partial charge in [0.05, 0.1) is 19.7 Å². The molecule has 0 atom stereocenters. The van der Waals surface area contributed by atoms with Crippen molar-refractivity contribution in [3.05, 3.63) is 58.7 Å². The van der Waals surface area contributed by atoms with Crippen molar-refractivity contribution in [2.24, 2.45) is 0 Å². The summed E-state index contributed by atoms with van der Waals surface area (Å²) in [5.74, 6) is 2.31. The minimum Gasteiger partial charge on any atom is -0.493 e. The molecule has 3 aromatic rings. The molecule has 0 bridgehead atoms. The Morgan fingerprint density at radius 1 is 1.03 bits per heavy atom. The predicted molar refractivity (Wildman–Crippen MR) is 115 cm³/mol. The van der Waals surface area contributed by atoms with Crippen molar-refractivity contribution in [3.63, 3.8) is 0 Å². The zero-order valence-corrected chi connectivity index (χ0v) is 17.6. The van der Waals surface area contributed by atoms with Crippen LogP contribution in [-0.4, -0.2) is 43.8 Å². The van der Waals surface area contributed by atoms with E-state index in [9.17, 15) is 0 Å². The molecule has 5 heteroatoms. The summed E-state index contributed by atoms with van der Waals surface area (Å²) >= 11 is 0. The molecular weight excluding hydrogens is 364 g/mol. The fourth-order valence-corrected chi connectivity index (χ4v) is 4.02. The van der Waals surface area contributed by atoms with Crippen LogP contribution in [0.15, 0.2) is 36.4 Å². The lowest BCUT2D eigenvalue weighted by atomic mass is 10.0. The molecule has 0 saturated heterocycles. The number of rotatable bonds is 5. The third-order valence-electron chi connectivity index (χ3n) is 5.50. The van der Waals surface area contributed by atoms with Gasteiger partial charge in [-0.25, -0.2) is 4.98 Å². The minimum atomic E-state index is 0.655. The summed E-state index contributed by atoms with van der Waals surface area (Å²) in [4.78, 5) is 7.26. The molecule has 5 nitrogen and oxygen atoms in total. The highest BCUT2D eigenvalue weighted by atomic mass is 16.5. The number of hydrogen-bond donors (Lipinski definition) is 0. The van der Waals surface area contributed by atoms with Crippen molar-refractivity contribution < 1.29 is 14.2 Å². The number of benzene rings is 2. The molecule has 1 aromatic heterocycles. The smallest absolute Gasteiger partial charge is 0.218 e. The Labute approximate surface area is 172 Å². The van der Waals surface area contributed by atoms with Gasteiger partial charge in [0.25, 0.3) is 0 Å². The zero-order valence-electron chi connectivity index (χ0n) is 17.6. The lowest BCUT2D eigenvalue weighted by molar-refractivity contribution is 0.225. The van der Waals surface area contributed by atoms with E-state index in [2.05, 4.69) is 49.1 Å². The van der Waals surface area contributed by atoms with E-state index >= 15 is 0 Å². The molecule has 0 amide bonds. The molecule has 4 rings (SSSR count). The maximum absolute atomic E-state index is 6.00. The van der Waals surface area contributed by atoms with Gasteiger partial charge in [0.1, 0.15) is 6.61 Å².